The molecule has 0 saturated heterocycles. The predicted octanol–water partition coefficient (Wildman–Crippen LogP) is 2.63. The lowest BCUT2D eigenvalue weighted by atomic mass is 10.1. The van der Waals surface area contributed by atoms with Gasteiger partial charge >= 0.3 is 0 Å². The van der Waals surface area contributed by atoms with Crippen molar-refractivity contribution in [2.75, 3.05) is 18.5 Å². The molecule has 142 valence electrons. The molecule has 7 nitrogen and oxygen atoms in total. The summed E-state index contributed by atoms with van der Waals surface area (Å²) in [6.45, 7) is 2.76. The standard InChI is InChI=1S/C21H19N3O4/c1-14-4-2-3-5-16(14)17-7-9-21(26)24(23-17)13-20(25)22-15-6-8-18-19(12-15)28-11-10-27-18/h2-9,12H,10-11,13H2,1H3,(H,22,25). The molecule has 4 rings (SSSR count). The second kappa shape index (κ2) is 7.56. The molecule has 0 bridgehead atoms. The number of fused-ring (bicyclic) bond motifs is 1. The third-order valence-electron chi connectivity index (χ3n) is 4.41. The summed E-state index contributed by atoms with van der Waals surface area (Å²) in [5, 5.41) is 7.12. The van der Waals surface area contributed by atoms with Gasteiger partial charge in [0.05, 0.1) is 5.69 Å². The number of rotatable bonds is 4. The van der Waals surface area contributed by atoms with Crippen LogP contribution in [-0.4, -0.2) is 28.9 Å². The number of ether oxygens (including phenoxy) is 2. The van der Waals surface area contributed by atoms with Crippen molar-refractivity contribution in [3.05, 3.63) is 70.5 Å². The van der Waals surface area contributed by atoms with Crippen molar-refractivity contribution in [3.63, 3.8) is 0 Å². The minimum Gasteiger partial charge on any atom is -0.486 e. The van der Waals surface area contributed by atoms with Gasteiger partial charge in [0, 0.05) is 23.4 Å². The van der Waals surface area contributed by atoms with Crippen LogP contribution in [-0.2, 0) is 11.3 Å². The predicted molar refractivity (Wildman–Crippen MR) is 105 cm³/mol. The maximum absolute atomic E-state index is 12.4. The molecule has 0 radical (unpaired) electrons. The fourth-order valence-electron chi connectivity index (χ4n) is 3.02. The van der Waals surface area contributed by atoms with Gasteiger partial charge in [-0.3, -0.25) is 9.59 Å². The van der Waals surface area contributed by atoms with Crippen molar-refractivity contribution >= 4 is 11.6 Å². The van der Waals surface area contributed by atoms with Crippen LogP contribution >= 0.6 is 0 Å². The Labute approximate surface area is 161 Å². The van der Waals surface area contributed by atoms with Crippen molar-refractivity contribution in [2.45, 2.75) is 13.5 Å². The maximum atomic E-state index is 12.4. The Hall–Kier alpha value is -3.61. The average molecular weight is 377 g/mol. The highest BCUT2D eigenvalue weighted by atomic mass is 16.6. The van der Waals surface area contributed by atoms with E-state index in [1.165, 1.54) is 6.07 Å². The summed E-state index contributed by atoms with van der Waals surface area (Å²) in [6.07, 6.45) is 0. The highest BCUT2D eigenvalue weighted by Crippen LogP contribution is 2.32. The van der Waals surface area contributed by atoms with Crippen LogP contribution in [0.2, 0.25) is 0 Å². The van der Waals surface area contributed by atoms with E-state index in [4.69, 9.17) is 9.47 Å². The van der Waals surface area contributed by atoms with Gasteiger partial charge < -0.3 is 14.8 Å². The molecule has 1 N–H and O–H groups in total. The first-order valence-corrected chi connectivity index (χ1v) is 8.94. The van der Waals surface area contributed by atoms with Crippen molar-refractivity contribution in [2.24, 2.45) is 0 Å². The lowest BCUT2D eigenvalue weighted by Crippen LogP contribution is -2.29. The van der Waals surface area contributed by atoms with E-state index in [0.29, 0.717) is 36.1 Å². The number of carbonyl (C=O) groups excluding carboxylic acids is 1. The van der Waals surface area contributed by atoms with E-state index in [0.717, 1.165) is 15.8 Å². The lowest BCUT2D eigenvalue weighted by Gasteiger charge is -2.19. The number of amides is 1. The Morgan fingerprint density at radius 1 is 1.07 bits per heavy atom. The first-order valence-electron chi connectivity index (χ1n) is 8.94. The molecule has 1 aliphatic rings. The van der Waals surface area contributed by atoms with Gasteiger partial charge in [0.2, 0.25) is 5.91 Å². The summed E-state index contributed by atoms with van der Waals surface area (Å²) in [7, 11) is 0. The lowest BCUT2D eigenvalue weighted by molar-refractivity contribution is -0.117. The molecule has 1 aliphatic heterocycles. The van der Waals surface area contributed by atoms with Crippen LogP contribution in [0.4, 0.5) is 5.69 Å². The number of hydrogen-bond acceptors (Lipinski definition) is 5. The molecular weight excluding hydrogens is 358 g/mol. The fourth-order valence-corrected chi connectivity index (χ4v) is 3.02. The zero-order valence-corrected chi connectivity index (χ0v) is 15.3. The number of anilines is 1. The van der Waals surface area contributed by atoms with Crippen molar-refractivity contribution in [1.82, 2.24) is 9.78 Å². The molecular formula is C21H19N3O4. The second-order valence-electron chi connectivity index (χ2n) is 6.44. The zero-order chi connectivity index (χ0) is 19.5. The van der Waals surface area contributed by atoms with Gasteiger partial charge in [0.25, 0.3) is 5.56 Å². The van der Waals surface area contributed by atoms with Gasteiger partial charge in [-0.1, -0.05) is 24.3 Å². The van der Waals surface area contributed by atoms with E-state index >= 15 is 0 Å². The molecule has 3 aromatic rings. The molecule has 1 aromatic heterocycles. The van der Waals surface area contributed by atoms with Crippen LogP contribution in [0.5, 0.6) is 11.5 Å². The Kier molecular flexibility index (Phi) is 4.80. The highest BCUT2D eigenvalue weighted by Gasteiger charge is 2.14. The molecule has 2 heterocycles. The van der Waals surface area contributed by atoms with E-state index in [1.54, 1.807) is 24.3 Å². The maximum Gasteiger partial charge on any atom is 0.267 e. The summed E-state index contributed by atoms with van der Waals surface area (Å²) >= 11 is 0. The minimum atomic E-state index is -0.354. The Balaban J connectivity index is 1.52. The third-order valence-corrected chi connectivity index (χ3v) is 4.41. The number of nitrogens with zero attached hydrogens (tertiary/aromatic N) is 2. The Bertz CT molecular complexity index is 1090. The molecule has 0 spiro atoms. The number of aryl methyl sites for hydroxylation is 1. The Morgan fingerprint density at radius 2 is 1.86 bits per heavy atom. The summed E-state index contributed by atoms with van der Waals surface area (Å²) in [4.78, 5) is 24.6. The zero-order valence-electron chi connectivity index (χ0n) is 15.3. The quantitative estimate of drug-likeness (QED) is 0.756. The van der Waals surface area contributed by atoms with Gasteiger partial charge in [-0.25, -0.2) is 4.68 Å². The number of aromatic nitrogens is 2. The van der Waals surface area contributed by atoms with Gasteiger partial charge in [-0.2, -0.15) is 5.10 Å². The molecule has 1 amide bonds. The van der Waals surface area contributed by atoms with Crippen LogP contribution < -0.4 is 20.3 Å². The average Bonchev–Trinajstić information content (AvgIpc) is 2.70. The van der Waals surface area contributed by atoms with E-state index in [1.807, 2.05) is 31.2 Å². The third kappa shape index (κ3) is 3.73. The summed E-state index contributed by atoms with van der Waals surface area (Å²) < 4.78 is 12.1. The smallest absolute Gasteiger partial charge is 0.267 e. The first kappa shape index (κ1) is 17.8. The highest BCUT2D eigenvalue weighted by molar-refractivity contribution is 5.90. The van der Waals surface area contributed by atoms with Crippen molar-refractivity contribution in [3.8, 4) is 22.8 Å². The molecule has 0 fully saturated rings. The van der Waals surface area contributed by atoms with Gasteiger partial charge in [-0.15, -0.1) is 0 Å². The molecule has 7 heteroatoms. The monoisotopic (exact) mass is 377 g/mol. The molecule has 28 heavy (non-hydrogen) atoms. The Morgan fingerprint density at radius 3 is 2.68 bits per heavy atom. The summed E-state index contributed by atoms with van der Waals surface area (Å²) in [6, 6.07) is 16.0. The molecule has 0 aliphatic carbocycles. The van der Waals surface area contributed by atoms with Crippen LogP contribution in [0, 0.1) is 6.92 Å². The number of benzene rings is 2. The number of carbonyl (C=O) groups is 1. The minimum absolute atomic E-state index is 0.188. The fraction of sp³-hybridized carbons (Fsp3) is 0.190. The summed E-state index contributed by atoms with van der Waals surface area (Å²) in [5.41, 5.74) is 2.83. The van der Waals surface area contributed by atoms with E-state index in [9.17, 15) is 9.59 Å². The first-order chi connectivity index (χ1) is 13.6. The number of hydrogen-bond donors (Lipinski definition) is 1. The second-order valence-corrected chi connectivity index (χ2v) is 6.44. The normalized spacial score (nSPS) is 12.5. The largest absolute Gasteiger partial charge is 0.486 e. The van der Waals surface area contributed by atoms with Gasteiger partial charge in [0.1, 0.15) is 19.8 Å². The summed E-state index contributed by atoms with van der Waals surface area (Å²) in [5.74, 6) is 0.877. The van der Waals surface area contributed by atoms with Crippen molar-refractivity contribution in [1.29, 1.82) is 0 Å². The van der Waals surface area contributed by atoms with Crippen molar-refractivity contribution < 1.29 is 14.3 Å². The van der Waals surface area contributed by atoms with Gasteiger partial charge in [-0.05, 0) is 30.7 Å². The molecule has 0 saturated carbocycles. The molecule has 0 unspecified atom stereocenters. The van der Waals surface area contributed by atoms with E-state index < -0.39 is 0 Å². The van der Waals surface area contributed by atoms with Crippen LogP contribution in [0.1, 0.15) is 5.56 Å². The van der Waals surface area contributed by atoms with E-state index in [2.05, 4.69) is 10.4 Å². The molecule has 2 aromatic carbocycles. The SMILES string of the molecule is Cc1ccccc1-c1ccc(=O)n(CC(=O)Nc2ccc3c(c2)OCCO3)n1. The van der Waals surface area contributed by atoms with Gasteiger partial charge in [0.15, 0.2) is 11.5 Å². The topological polar surface area (TPSA) is 82.5 Å². The number of nitrogens with one attached hydrogen (secondary N) is 1. The van der Waals surface area contributed by atoms with Crippen LogP contribution in [0.25, 0.3) is 11.3 Å². The van der Waals surface area contributed by atoms with Crippen LogP contribution in [0.3, 0.4) is 0 Å². The van der Waals surface area contributed by atoms with Crippen LogP contribution in [0.15, 0.2) is 59.4 Å². The van der Waals surface area contributed by atoms with E-state index in [-0.39, 0.29) is 18.0 Å². The molecule has 0 atom stereocenters.